The fourth-order valence-electron chi connectivity index (χ4n) is 2.49. The minimum Gasteiger partial charge on any atom is -0.483 e. The van der Waals surface area contributed by atoms with Crippen molar-refractivity contribution in [3.63, 3.8) is 0 Å². The standard InChI is InChI=1S/C20H20N2O2S/c1-14-6-5-8-16(10-14)11-17-12-21-20(25-17)22-19(23)13-24-18-9-4-3-7-15(18)2/h3-10,12H,11,13H2,1-2H3,(H,21,22,23). The molecule has 0 radical (unpaired) electrons. The molecule has 0 aliphatic heterocycles. The van der Waals surface area contributed by atoms with E-state index in [1.165, 1.54) is 22.5 Å². The van der Waals surface area contributed by atoms with Gasteiger partial charge in [0.15, 0.2) is 11.7 Å². The lowest BCUT2D eigenvalue weighted by Gasteiger charge is -2.08. The second-order valence-electron chi connectivity index (χ2n) is 5.90. The number of nitrogens with one attached hydrogen (secondary N) is 1. The first-order valence-corrected chi connectivity index (χ1v) is 8.90. The monoisotopic (exact) mass is 352 g/mol. The molecule has 0 atom stereocenters. The molecule has 0 saturated heterocycles. The van der Waals surface area contributed by atoms with Gasteiger partial charge in [-0.2, -0.15) is 0 Å². The van der Waals surface area contributed by atoms with Gasteiger partial charge in [-0.1, -0.05) is 48.0 Å². The van der Waals surface area contributed by atoms with Crippen LogP contribution in [-0.4, -0.2) is 17.5 Å². The molecule has 4 nitrogen and oxygen atoms in total. The number of thiazole rings is 1. The Hall–Kier alpha value is -2.66. The number of amides is 1. The molecule has 0 saturated carbocycles. The number of carbonyl (C=O) groups excluding carboxylic acids is 1. The number of anilines is 1. The maximum atomic E-state index is 12.0. The molecule has 3 rings (SSSR count). The molecule has 128 valence electrons. The zero-order chi connectivity index (χ0) is 17.6. The van der Waals surface area contributed by atoms with Gasteiger partial charge in [0.2, 0.25) is 0 Å². The molecule has 3 aromatic rings. The average Bonchev–Trinajstić information content (AvgIpc) is 3.01. The fraction of sp³-hybridized carbons (Fsp3) is 0.200. The summed E-state index contributed by atoms with van der Waals surface area (Å²) in [5, 5.41) is 3.39. The molecule has 0 fully saturated rings. The molecule has 1 aromatic heterocycles. The van der Waals surface area contributed by atoms with Crippen LogP contribution in [0.2, 0.25) is 0 Å². The van der Waals surface area contributed by atoms with Gasteiger partial charge in [-0.05, 0) is 31.0 Å². The van der Waals surface area contributed by atoms with Gasteiger partial charge >= 0.3 is 0 Å². The highest BCUT2D eigenvalue weighted by Crippen LogP contribution is 2.22. The number of benzene rings is 2. The summed E-state index contributed by atoms with van der Waals surface area (Å²) in [6.45, 7) is 4.00. The van der Waals surface area contributed by atoms with Crippen LogP contribution in [-0.2, 0) is 11.2 Å². The molecule has 25 heavy (non-hydrogen) atoms. The quantitative estimate of drug-likeness (QED) is 0.717. The highest BCUT2D eigenvalue weighted by atomic mass is 32.1. The second kappa shape index (κ2) is 7.94. The molecule has 5 heteroatoms. The first-order chi connectivity index (χ1) is 12.1. The third-order valence-corrected chi connectivity index (χ3v) is 4.63. The van der Waals surface area contributed by atoms with E-state index in [0.29, 0.717) is 5.13 Å². The van der Waals surface area contributed by atoms with Crippen LogP contribution in [0.4, 0.5) is 5.13 Å². The van der Waals surface area contributed by atoms with Crippen molar-refractivity contribution in [3.05, 3.63) is 76.3 Å². The number of aromatic nitrogens is 1. The van der Waals surface area contributed by atoms with E-state index < -0.39 is 0 Å². The number of hydrogen-bond acceptors (Lipinski definition) is 4. The van der Waals surface area contributed by atoms with E-state index in [9.17, 15) is 4.79 Å². The molecule has 0 aliphatic rings. The molecule has 0 spiro atoms. The van der Waals surface area contributed by atoms with Gasteiger partial charge in [-0.3, -0.25) is 10.1 Å². The Kier molecular flexibility index (Phi) is 5.46. The van der Waals surface area contributed by atoms with Crippen LogP contribution < -0.4 is 10.1 Å². The van der Waals surface area contributed by atoms with Crippen LogP contribution in [0.25, 0.3) is 0 Å². The number of nitrogens with zero attached hydrogens (tertiary/aromatic N) is 1. The highest BCUT2D eigenvalue weighted by Gasteiger charge is 2.09. The topological polar surface area (TPSA) is 51.2 Å². The summed E-state index contributed by atoms with van der Waals surface area (Å²) in [5.41, 5.74) is 3.48. The predicted octanol–water partition coefficient (Wildman–Crippen LogP) is 4.37. The van der Waals surface area contributed by atoms with Crippen LogP contribution in [0.15, 0.2) is 54.7 Å². The van der Waals surface area contributed by atoms with Crippen LogP contribution in [0.3, 0.4) is 0 Å². The normalized spacial score (nSPS) is 10.5. The molecule has 0 unspecified atom stereocenters. The van der Waals surface area contributed by atoms with Gasteiger partial charge < -0.3 is 4.74 Å². The van der Waals surface area contributed by atoms with Crippen molar-refractivity contribution < 1.29 is 9.53 Å². The van der Waals surface area contributed by atoms with E-state index in [4.69, 9.17) is 4.74 Å². The van der Waals surface area contributed by atoms with Gasteiger partial charge in [0.05, 0.1) is 0 Å². The van der Waals surface area contributed by atoms with E-state index in [1.54, 1.807) is 0 Å². The summed E-state index contributed by atoms with van der Waals surface area (Å²) < 4.78 is 5.55. The van der Waals surface area contributed by atoms with Crippen LogP contribution in [0.5, 0.6) is 5.75 Å². The van der Waals surface area contributed by atoms with Gasteiger partial charge in [0, 0.05) is 17.5 Å². The summed E-state index contributed by atoms with van der Waals surface area (Å²) in [7, 11) is 0. The average molecular weight is 352 g/mol. The van der Waals surface area contributed by atoms with E-state index >= 15 is 0 Å². The summed E-state index contributed by atoms with van der Waals surface area (Å²) >= 11 is 1.49. The molecule has 1 amide bonds. The SMILES string of the molecule is Cc1cccc(Cc2cnc(NC(=O)COc3ccccc3C)s2)c1. The van der Waals surface area contributed by atoms with Crippen molar-refractivity contribution in [2.75, 3.05) is 11.9 Å². The summed E-state index contributed by atoms with van der Waals surface area (Å²) in [6.07, 6.45) is 2.62. The molecule has 0 aliphatic carbocycles. The van der Waals surface area contributed by atoms with Gasteiger partial charge in [-0.15, -0.1) is 11.3 Å². The third-order valence-electron chi connectivity index (χ3n) is 3.71. The van der Waals surface area contributed by atoms with Crippen molar-refractivity contribution in [1.29, 1.82) is 0 Å². The fourth-order valence-corrected chi connectivity index (χ4v) is 3.35. The van der Waals surface area contributed by atoms with Gasteiger partial charge in [0.1, 0.15) is 5.75 Å². The number of para-hydroxylation sites is 1. The van der Waals surface area contributed by atoms with Crippen molar-refractivity contribution in [1.82, 2.24) is 4.98 Å². The molecular formula is C20H20N2O2S. The Morgan fingerprint density at radius 1 is 1.16 bits per heavy atom. The van der Waals surface area contributed by atoms with Crippen molar-refractivity contribution in [2.24, 2.45) is 0 Å². The molecule has 2 aromatic carbocycles. The van der Waals surface area contributed by atoms with Crippen LogP contribution in [0.1, 0.15) is 21.6 Å². The lowest BCUT2D eigenvalue weighted by molar-refractivity contribution is -0.118. The van der Waals surface area contributed by atoms with Crippen molar-refractivity contribution in [3.8, 4) is 5.75 Å². The maximum Gasteiger partial charge on any atom is 0.264 e. The smallest absolute Gasteiger partial charge is 0.264 e. The molecular weight excluding hydrogens is 332 g/mol. The minimum atomic E-state index is -0.209. The second-order valence-corrected chi connectivity index (χ2v) is 7.02. The first-order valence-electron chi connectivity index (χ1n) is 8.09. The van der Waals surface area contributed by atoms with Crippen LogP contribution in [0, 0.1) is 13.8 Å². The third kappa shape index (κ3) is 4.90. The first kappa shape index (κ1) is 17.2. The molecule has 1 N–H and O–H groups in total. The number of ether oxygens (including phenoxy) is 1. The Labute approximate surface area is 151 Å². The molecule has 1 heterocycles. The lowest BCUT2D eigenvalue weighted by Crippen LogP contribution is -2.20. The Morgan fingerprint density at radius 3 is 2.80 bits per heavy atom. The summed E-state index contributed by atoms with van der Waals surface area (Å²) in [4.78, 5) is 17.4. The predicted molar refractivity (Wildman–Crippen MR) is 101 cm³/mol. The number of carbonyl (C=O) groups is 1. The van der Waals surface area contributed by atoms with Crippen LogP contribution >= 0.6 is 11.3 Å². The Balaban J connectivity index is 1.54. The number of aryl methyl sites for hydroxylation is 2. The van der Waals surface area contributed by atoms with E-state index in [2.05, 4.69) is 41.5 Å². The van der Waals surface area contributed by atoms with Crippen molar-refractivity contribution in [2.45, 2.75) is 20.3 Å². The Morgan fingerprint density at radius 2 is 2.00 bits per heavy atom. The number of hydrogen-bond donors (Lipinski definition) is 1. The largest absolute Gasteiger partial charge is 0.483 e. The highest BCUT2D eigenvalue weighted by molar-refractivity contribution is 7.15. The maximum absolute atomic E-state index is 12.0. The zero-order valence-electron chi connectivity index (χ0n) is 14.3. The van der Waals surface area contributed by atoms with Gasteiger partial charge in [-0.25, -0.2) is 4.98 Å². The summed E-state index contributed by atoms with van der Waals surface area (Å²) in [5.74, 6) is 0.511. The van der Waals surface area contributed by atoms with Gasteiger partial charge in [0.25, 0.3) is 5.91 Å². The summed E-state index contributed by atoms with van der Waals surface area (Å²) in [6, 6.07) is 16.0. The number of rotatable bonds is 6. The van der Waals surface area contributed by atoms with E-state index in [0.717, 1.165) is 22.6 Å². The minimum absolute atomic E-state index is 0.0301. The van der Waals surface area contributed by atoms with E-state index in [-0.39, 0.29) is 12.5 Å². The lowest BCUT2D eigenvalue weighted by atomic mass is 10.1. The Bertz CT molecular complexity index is 873. The van der Waals surface area contributed by atoms with E-state index in [1.807, 2.05) is 37.4 Å². The molecule has 0 bridgehead atoms. The zero-order valence-corrected chi connectivity index (χ0v) is 15.1. The van der Waals surface area contributed by atoms with Crippen molar-refractivity contribution >= 4 is 22.4 Å².